The predicted octanol–water partition coefficient (Wildman–Crippen LogP) is 3.45. The third-order valence-electron chi connectivity index (χ3n) is 7.96. The molecule has 2 saturated carbocycles. The molecule has 2 aliphatic heterocycles. The van der Waals surface area contributed by atoms with Crippen molar-refractivity contribution in [1.82, 2.24) is 14.7 Å². The quantitative estimate of drug-likeness (QED) is 0.842. The van der Waals surface area contributed by atoms with Crippen molar-refractivity contribution in [3.8, 4) is 0 Å². The molecule has 3 heterocycles. The van der Waals surface area contributed by atoms with Crippen LogP contribution < -0.4 is 5.73 Å². The second-order valence-electron chi connectivity index (χ2n) is 11.3. The van der Waals surface area contributed by atoms with Crippen molar-refractivity contribution >= 4 is 0 Å². The van der Waals surface area contributed by atoms with Crippen LogP contribution in [-0.4, -0.2) is 47.0 Å². The Bertz CT molecular complexity index is 740. The molecule has 0 bridgehead atoms. The van der Waals surface area contributed by atoms with Gasteiger partial charge < -0.3 is 10.5 Å². The Kier molecular flexibility index (Phi) is 4.46. The van der Waals surface area contributed by atoms with E-state index < -0.39 is 0 Å². The van der Waals surface area contributed by atoms with E-state index in [2.05, 4.69) is 30.5 Å². The zero-order chi connectivity index (χ0) is 19.6. The maximum atomic E-state index is 6.38. The van der Waals surface area contributed by atoms with Crippen LogP contribution in [0.4, 0.5) is 0 Å². The Morgan fingerprint density at radius 2 is 1.96 bits per heavy atom. The number of nitrogens with two attached hydrogens (primary N) is 1. The molecule has 156 valence electrons. The normalized spacial score (nSPS) is 32.5. The second-order valence-corrected chi connectivity index (χ2v) is 11.3. The highest BCUT2D eigenvalue weighted by molar-refractivity contribution is 5.35. The lowest BCUT2D eigenvalue weighted by atomic mass is 9.71. The molecule has 2 aliphatic carbocycles. The number of hydrogen-bond donors (Lipinski definition) is 1. The Labute approximate surface area is 170 Å². The molecule has 5 heteroatoms. The fourth-order valence-electron chi connectivity index (χ4n) is 6.34. The molecule has 1 aromatic heterocycles. The first-order chi connectivity index (χ1) is 13.3. The van der Waals surface area contributed by atoms with Gasteiger partial charge in [0, 0.05) is 37.4 Å². The standard InChI is InChI=1S/C23H38N4O/c1-21(2)14-23(28-16-21)6-4-17(5-7-23)20-18(13-26(3)11-10-24)25-27-15-22(8-9-22)12-19(20)27/h17H,4-16,24H2,1-3H3/t17-,23+. The van der Waals surface area contributed by atoms with Crippen LogP contribution in [0.25, 0.3) is 0 Å². The Hall–Kier alpha value is -0.910. The lowest BCUT2D eigenvalue weighted by molar-refractivity contribution is -0.0294. The van der Waals surface area contributed by atoms with Gasteiger partial charge in [-0.3, -0.25) is 9.58 Å². The summed E-state index contributed by atoms with van der Waals surface area (Å²) in [7, 11) is 2.17. The summed E-state index contributed by atoms with van der Waals surface area (Å²) < 4.78 is 8.76. The van der Waals surface area contributed by atoms with E-state index in [0.29, 0.717) is 23.3 Å². The number of hydrogen-bond acceptors (Lipinski definition) is 4. The summed E-state index contributed by atoms with van der Waals surface area (Å²) >= 11 is 0. The summed E-state index contributed by atoms with van der Waals surface area (Å²) in [5.41, 5.74) is 11.4. The molecular formula is C23H38N4O. The van der Waals surface area contributed by atoms with E-state index in [1.54, 1.807) is 11.3 Å². The smallest absolute Gasteiger partial charge is 0.0802 e. The van der Waals surface area contributed by atoms with Crippen molar-refractivity contribution < 1.29 is 4.74 Å². The van der Waals surface area contributed by atoms with Gasteiger partial charge in [0.2, 0.25) is 0 Å². The monoisotopic (exact) mass is 386 g/mol. The second kappa shape index (κ2) is 6.55. The molecule has 0 radical (unpaired) electrons. The molecule has 28 heavy (non-hydrogen) atoms. The van der Waals surface area contributed by atoms with Crippen molar-refractivity contribution in [2.75, 3.05) is 26.7 Å². The zero-order valence-corrected chi connectivity index (χ0v) is 18.1. The predicted molar refractivity (Wildman–Crippen MR) is 111 cm³/mol. The van der Waals surface area contributed by atoms with Gasteiger partial charge in [-0.25, -0.2) is 0 Å². The molecule has 0 aromatic carbocycles. The number of aromatic nitrogens is 2. The van der Waals surface area contributed by atoms with Gasteiger partial charge in [0.25, 0.3) is 0 Å². The maximum Gasteiger partial charge on any atom is 0.0802 e. The van der Waals surface area contributed by atoms with Gasteiger partial charge in [0.05, 0.1) is 17.9 Å². The molecule has 2 N–H and O–H groups in total. The van der Waals surface area contributed by atoms with Crippen LogP contribution in [0.5, 0.6) is 0 Å². The molecule has 3 fully saturated rings. The van der Waals surface area contributed by atoms with Crippen LogP contribution in [0.15, 0.2) is 0 Å². The molecular weight excluding hydrogens is 348 g/mol. The number of rotatable bonds is 5. The van der Waals surface area contributed by atoms with Crippen LogP contribution in [0.1, 0.15) is 81.7 Å². The fourth-order valence-corrected chi connectivity index (χ4v) is 6.34. The summed E-state index contributed by atoms with van der Waals surface area (Å²) in [5.74, 6) is 0.664. The Balaban J connectivity index is 1.37. The summed E-state index contributed by atoms with van der Waals surface area (Å²) in [6.07, 6.45) is 10.2. The number of nitrogens with zero attached hydrogens (tertiary/aromatic N) is 3. The van der Waals surface area contributed by atoms with Gasteiger partial charge in [-0.2, -0.15) is 5.10 Å². The lowest BCUT2D eigenvalue weighted by Gasteiger charge is -2.37. The van der Waals surface area contributed by atoms with E-state index in [9.17, 15) is 0 Å². The third-order valence-corrected chi connectivity index (χ3v) is 7.96. The van der Waals surface area contributed by atoms with E-state index in [-0.39, 0.29) is 5.60 Å². The third kappa shape index (κ3) is 3.33. The van der Waals surface area contributed by atoms with Crippen molar-refractivity contribution in [2.45, 2.75) is 89.8 Å². The van der Waals surface area contributed by atoms with Crippen molar-refractivity contribution in [1.29, 1.82) is 0 Å². The van der Waals surface area contributed by atoms with E-state index in [0.717, 1.165) is 26.2 Å². The molecule has 2 spiro atoms. The van der Waals surface area contributed by atoms with E-state index in [1.807, 2.05) is 0 Å². The summed E-state index contributed by atoms with van der Waals surface area (Å²) in [6, 6.07) is 0. The van der Waals surface area contributed by atoms with Gasteiger partial charge in [-0.05, 0) is 75.2 Å². The maximum absolute atomic E-state index is 6.38. The van der Waals surface area contributed by atoms with Gasteiger partial charge in [0.15, 0.2) is 0 Å². The lowest BCUT2D eigenvalue weighted by Crippen LogP contribution is -2.34. The highest BCUT2D eigenvalue weighted by atomic mass is 16.5. The van der Waals surface area contributed by atoms with Crippen LogP contribution in [-0.2, 0) is 24.2 Å². The molecule has 5 rings (SSSR count). The first-order valence-electron chi connectivity index (χ1n) is 11.4. The minimum absolute atomic E-state index is 0.157. The van der Waals surface area contributed by atoms with Crippen molar-refractivity contribution in [2.24, 2.45) is 16.6 Å². The molecule has 5 nitrogen and oxygen atoms in total. The van der Waals surface area contributed by atoms with Gasteiger partial charge in [-0.15, -0.1) is 0 Å². The number of likely N-dealkylation sites (N-methyl/N-ethyl adjacent to an activating group) is 1. The average Bonchev–Trinajstić information content (AvgIpc) is 3.05. The van der Waals surface area contributed by atoms with Crippen LogP contribution >= 0.6 is 0 Å². The first-order valence-corrected chi connectivity index (χ1v) is 11.4. The molecule has 0 unspecified atom stereocenters. The van der Waals surface area contributed by atoms with Crippen LogP contribution in [0, 0.1) is 10.8 Å². The minimum atomic E-state index is 0.157. The molecule has 1 saturated heterocycles. The summed E-state index contributed by atoms with van der Waals surface area (Å²) in [6.45, 7) is 9.38. The van der Waals surface area contributed by atoms with Gasteiger partial charge in [-0.1, -0.05) is 13.8 Å². The molecule has 0 atom stereocenters. The molecule has 1 aromatic rings. The molecule has 4 aliphatic rings. The van der Waals surface area contributed by atoms with E-state index in [1.165, 1.54) is 57.1 Å². The van der Waals surface area contributed by atoms with Crippen LogP contribution in [0.3, 0.4) is 0 Å². The Morgan fingerprint density at radius 3 is 2.57 bits per heavy atom. The number of fused-ring (bicyclic) bond motifs is 1. The first kappa shape index (κ1) is 19.1. The number of ether oxygens (including phenoxy) is 1. The van der Waals surface area contributed by atoms with Gasteiger partial charge >= 0.3 is 0 Å². The highest BCUT2D eigenvalue weighted by Gasteiger charge is 2.51. The average molecular weight is 387 g/mol. The zero-order valence-electron chi connectivity index (χ0n) is 18.1. The van der Waals surface area contributed by atoms with Crippen LogP contribution in [0.2, 0.25) is 0 Å². The summed E-state index contributed by atoms with van der Waals surface area (Å²) in [4.78, 5) is 2.33. The van der Waals surface area contributed by atoms with Crippen molar-refractivity contribution in [3.05, 3.63) is 17.0 Å². The summed E-state index contributed by atoms with van der Waals surface area (Å²) in [5, 5.41) is 5.14. The topological polar surface area (TPSA) is 56.3 Å². The van der Waals surface area contributed by atoms with E-state index >= 15 is 0 Å². The van der Waals surface area contributed by atoms with E-state index in [4.69, 9.17) is 15.6 Å². The molecule has 0 amide bonds. The SMILES string of the molecule is CN(CCN)Cc1nn2c(c1[C@H]1CC[C@@]3(CC1)CC(C)(C)CO3)CC1(CC1)C2. The largest absolute Gasteiger partial charge is 0.374 e. The Morgan fingerprint density at radius 1 is 1.21 bits per heavy atom. The minimum Gasteiger partial charge on any atom is -0.374 e. The highest BCUT2D eigenvalue weighted by Crippen LogP contribution is 2.56. The van der Waals surface area contributed by atoms with Crippen molar-refractivity contribution in [3.63, 3.8) is 0 Å². The fraction of sp³-hybridized carbons (Fsp3) is 0.870. The van der Waals surface area contributed by atoms with Gasteiger partial charge in [0.1, 0.15) is 0 Å².